The number of aromatic nitrogens is 2. The van der Waals surface area contributed by atoms with Crippen LogP contribution in [0.1, 0.15) is 38.1 Å². The van der Waals surface area contributed by atoms with Crippen molar-refractivity contribution in [2.75, 3.05) is 5.88 Å². The third-order valence-corrected chi connectivity index (χ3v) is 5.26. The van der Waals surface area contributed by atoms with E-state index >= 15 is 0 Å². The van der Waals surface area contributed by atoms with Crippen LogP contribution in [0.15, 0.2) is 64.8 Å². The molecule has 0 unspecified atom stereocenters. The Kier molecular flexibility index (Phi) is 12.6. The Morgan fingerprint density at radius 1 is 1.25 bits per heavy atom. The summed E-state index contributed by atoms with van der Waals surface area (Å²) in [6, 6.07) is 9.43. The summed E-state index contributed by atoms with van der Waals surface area (Å²) in [5, 5.41) is 12.4. The summed E-state index contributed by atoms with van der Waals surface area (Å²) >= 11 is 6.66. The van der Waals surface area contributed by atoms with Crippen molar-refractivity contribution < 1.29 is 0 Å². The van der Waals surface area contributed by atoms with E-state index in [4.69, 9.17) is 17.0 Å². The van der Waals surface area contributed by atoms with Gasteiger partial charge in [0.05, 0.1) is 17.7 Å². The number of rotatable bonds is 7. The van der Waals surface area contributed by atoms with Gasteiger partial charge in [0.2, 0.25) is 0 Å². The number of halogens is 1. The van der Waals surface area contributed by atoms with Gasteiger partial charge in [0.25, 0.3) is 5.56 Å². The van der Waals surface area contributed by atoms with Gasteiger partial charge in [-0.2, -0.15) is 5.10 Å². The van der Waals surface area contributed by atoms with E-state index in [2.05, 4.69) is 16.8 Å². The van der Waals surface area contributed by atoms with Gasteiger partial charge in [-0.3, -0.25) is 19.8 Å². The predicted octanol–water partition coefficient (Wildman–Crippen LogP) is 6.33. The lowest BCUT2D eigenvalue weighted by Crippen LogP contribution is -2.18. The first-order valence-corrected chi connectivity index (χ1v) is 11.6. The van der Waals surface area contributed by atoms with Crippen molar-refractivity contribution in [3.63, 3.8) is 0 Å². The normalized spacial score (nSPS) is 10.4. The average molecular weight is 472 g/mol. The molecule has 0 bridgehead atoms. The van der Waals surface area contributed by atoms with Gasteiger partial charge in [-0.15, -0.1) is 22.9 Å². The van der Waals surface area contributed by atoms with E-state index in [1.54, 1.807) is 10.9 Å². The van der Waals surface area contributed by atoms with E-state index in [9.17, 15) is 4.79 Å². The molecule has 8 heteroatoms. The Bertz CT molecular complexity index is 1090. The predicted molar refractivity (Wildman–Crippen MR) is 141 cm³/mol. The van der Waals surface area contributed by atoms with E-state index in [0.29, 0.717) is 17.1 Å². The van der Waals surface area contributed by atoms with Gasteiger partial charge in [-0.05, 0) is 43.7 Å². The fraction of sp³-hybridized carbons (Fsp3) is 0.250. The monoisotopic (exact) mass is 471 g/mol. The second-order valence-electron chi connectivity index (χ2n) is 6.04. The molecule has 170 valence electrons. The lowest BCUT2D eigenvalue weighted by atomic mass is 10.2. The third-order valence-electron chi connectivity index (χ3n) is 4.00. The first kappa shape index (κ1) is 27.0. The molecular formula is C24H30ClN5OS. The van der Waals surface area contributed by atoms with E-state index < -0.39 is 0 Å². The highest BCUT2D eigenvalue weighted by atomic mass is 35.5. The molecule has 0 spiro atoms. The number of hydrogen-bond donors (Lipinski definition) is 1. The Balaban J connectivity index is 0.000000646. The van der Waals surface area contributed by atoms with Crippen LogP contribution in [0.25, 0.3) is 22.0 Å². The molecule has 2 aromatic heterocycles. The minimum Gasteiger partial charge on any atom is -0.290 e. The van der Waals surface area contributed by atoms with E-state index in [-0.39, 0.29) is 5.56 Å². The van der Waals surface area contributed by atoms with Gasteiger partial charge in [0, 0.05) is 17.5 Å². The van der Waals surface area contributed by atoms with Crippen LogP contribution in [0.2, 0.25) is 0 Å². The summed E-state index contributed by atoms with van der Waals surface area (Å²) in [5.74, 6) is 0.635. The zero-order chi connectivity index (χ0) is 23.9. The molecule has 0 aliphatic rings. The zero-order valence-corrected chi connectivity index (χ0v) is 20.5. The van der Waals surface area contributed by atoms with Gasteiger partial charge in [0.15, 0.2) is 0 Å². The van der Waals surface area contributed by atoms with Crippen LogP contribution >= 0.6 is 22.9 Å². The molecule has 3 aromatic rings. The number of thiophene rings is 1. The number of alkyl halides is 1. The van der Waals surface area contributed by atoms with Crippen molar-refractivity contribution >= 4 is 52.3 Å². The van der Waals surface area contributed by atoms with E-state index in [1.807, 2.05) is 82.3 Å². The summed E-state index contributed by atoms with van der Waals surface area (Å²) in [4.78, 5) is 18.2. The zero-order valence-electron chi connectivity index (χ0n) is 19.0. The number of hydrazone groups is 1. The highest BCUT2D eigenvalue weighted by Crippen LogP contribution is 2.22. The number of hydrogen-bond acceptors (Lipinski definition) is 5. The minimum absolute atomic E-state index is 0.0765. The smallest absolute Gasteiger partial charge is 0.275 e. The fourth-order valence-electron chi connectivity index (χ4n) is 2.54. The summed E-state index contributed by atoms with van der Waals surface area (Å²) in [6.45, 7) is 11.8. The van der Waals surface area contributed by atoms with Crippen molar-refractivity contribution in [2.24, 2.45) is 5.10 Å². The molecule has 0 saturated heterocycles. The molecule has 0 atom stereocenters. The quantitative estimate of drug-likeness (QED) is 0.144. The molecule has 0 amide bonds. The molecule has 0 fully saturated rings. The lowest BCUT2D eigenvalue weighted by molar-refractivity contribution is 0.454. The molecule has 1 aromatic carbocycles. The van der Waals surface area contributed by atoms with Crippen molar-refractivity contribution in [3.05, 3.63) is 75.7 Å². The fourth-order valence-corrected chi connectivity index (χ4v) is 3.73. The van der Waals surface area contributed by atoms with Crippen LogP contribution in [0.4, 0.5) is 0 Å². The molecule has 32 heavy (non-hydrogen) atoms. The van der Waals surface area contributed by atoms with Crippen molar-refractivity contribution in [3.8, 4) is 5.69 Å². The number of allylic oxidation sites excluding steroid dienone is 3. The largest absolute Gasteiger partial charge is 0.290 e. The van der Waals surface area contributed by atoms with E-state index in [1.165, 1.54) is 16.3 Å². The van der Waals surface area contributed by atoms with Crippen molar-refractivity contribution in [2.45, 2.75) is 34.2 Å². The highest BCUT2D eigenvalue weighted by molar-refractivity contribution is 7.19. The maximum Gasteiger partial charge on any atom is 0.275 e. The SMILES string of the molecule is C/C=C\CCl.C=NN(C=N)Cc1ccc(-n2cnc3cc(/C=C/C)sc3c2=O)cc1.CC. The molecule has 0 aliphatic heterocycles. The summed E-state index contributed by atoms with van der Waals surface area (Å²) < 4.78 is 2.19. The lowest BCUT2D eigenvalue weighted by Gasteiger charge is -2.12. The Morgan fingerprint density at radius 2 is 1.94 bits per heavy atom. The molecule has 1 N–H and O–H groups in total. The van der Waals surface area contributed by atoms with Crippen LogP contribution in [-0.4, -0.2) is 33.5 Å². The minimum atomic E-state index is -0.0765. The molecule has 0 radical (unpaired) electrons. The van der Waals surface area contributed by atoms with Gasteiger partial charge < -0.3 is 0 Å². The van der Waals surface area contributed by atoms with Gasteiger partial charge in [0.1, 0.15) is 17.4 Å². The molecule has 2 heterocycles. The Hall–Kier alpha value is -3.03. The maximum absolute atomic E-state index is 12.7. The molecule has 0 saturated carbocycles. The van der Waals surface area contributed by atoms with Crippen LogP contribution in [0.3, 0.4) is 0 Å². The van der Waals surface area contributed by atoms with Gasteiger partial charge in [-0.25, -0.2) is 4.98 Å². The molecule has 0 aliphatic carbocycles. The van der Waals surface area contributed by atoms with Crippen LogP contribution in [-0.2, 0) is 6.54 Å². The van der Waals surface area contributed by atoms with Gasteiger partial charge in [-0.1, -0.05) is 44.2 Å². The van der Waals surface area contributed by atoms with Crippen LogP contribution in [0.5, 0.6) is 0 Å². The van der Waals surface area contributed by atoms with E-state index in [0.717, 1.165) is 28.0 Å². The van der Waals surface area contributed by atoms with Gasteiger partial charge >= 0.3 is 0 Å². The highest BCUT2D eigenvalue weighted by Gasteiger charge is 2.09. The summed E-state index contributed by atoms with van der Waals surface area (Å²) in [7, 11) is 0. The third kappa shape index (κ3) is 7.59. The number of benzene rings is 1. The number of nitrogens with zero attached hydrogens (tertiary/aromatic N) is 4. The first-order chi connectivity index (χ1) is 15.6. The molecule has 3 rings (SSSR count). The number of nitrogens with one attached hydrogen (secondary N) is 1. The van der Waals surface area contributed by atoms with Crippen LogP contribution in [0, 0.1) is 5.41 Å². The average Bonchev–Trinajstić information content (AvgIpc) is 3.24. The molecular weight excluding hydrogens is 442 g/mol. The topological polar surface area (TPSA) is 74.3 Å². The second kappa shape index (κ2) is 14.9. The maximum atomic E-state index is 12.7. The number of fused-ring (bicyclic) bond motifs is 1. The summed E-state index contributed by atoms with van der Waals surface area (Å²) in [5.41, 5.74) is 2.35. The Labute approximate surface area is 198 Å². The summed E-state index contributed by atoms with van der Waals surface area (Å²) in [6.07, 6.45) is 10.4. The standard InChI is InChI=1S/C18H17N5OS.C4H7Cl.C2H6/c1-3-4-15-9-16-17(25-15)18(24)23(12-21-16)14-7-5-13(6-8-14)10-22(11-19)20-2;1-2-3-4-5;1-2/h3-9,11-12,19H,2,10H2,1H3;2-3H,4H2,1H3;1-2H3/b4-3+,19-11?;3-2-;. The second-order valence-corrected chi connectivity index (χ2v) is 7.43. The molecule has 6 nitrogen and oxygen atoms in total. The first-order valence-electron chi connectivity index (χ1n) is 10.2. The van der Waals surface area contributed by atoms with Crippen LogP contribution < -0.4 is 5.56 Å². The Morgan fingerprint density at radius 3 is 2.44 bits per heavy atom. The van der Waals surface area contributed by atoms with Crippen molar-refractivity contribution in [1.29, 1.82) is 5.41 Å². The van der Waals surface area contributed by atoms with Crippen molar-refractivity contribution in [1.82, 2.24) is 14.6 Å².